The van der Waals surface area contributed by atoms with Gasteiger partial charge in [-0.15, -0.1) is 0 Å². The van der Waals surface area contributed by atoms with Crippen molar-refractivity contribution in [2.45, 2.75) is 382 Å². The maximum atomic E-state index is 14.6. The monoisotopic (exact) mass is 2030 g/mol. The van der Waals surface area contributed by atoms with E-state index in [1.165, 1.54) is 0 Å². The highest BCUT2D eigenvalue weighted by Crippen LogP contribution is 2.44. The van der Waals surface area contributed by atoms with Gasteiger partial charge in [0, 0.05) is 0 Å². The number of carbonyl (C=O) groups is 1. The number of rotatable bonds is 18. The number of hydrogen-bond acceptors (Lipinski definition) is 62. The third-order valence-electron chi connectivity index (χ3n) is 26.3. The Bertz CT molecular complexity index is 3700. The van der Waals surface area contributed by atoms with E-state index in [2.05, 4.69) is 0 Å². The first kappa shape index (κ1) is 111. The predicted molar refractivity (Wildman–Crippen MR) is 410 cm³/mol. The van der Waals surface area contributed by atoms with Gasteiger partial charge in [0.15, 0.2) is 75.5 Å². The molecule has 24 bridgehead atoms. The molecule has 44 rings (SSSR count). The number of esters is 1. The number of carbonyl (C=O) groups excluding carboxylic acids is 1. The molecule has 62 heteroatoms. The van der Waals surface area contributed by atoms with Crippen molar-refractivity contribution in [2.24, 2.45) is 0 Å². The van der Waals surface area contributed by atoms with Crippen LogP contribution in [0.25, 0.3) is 0 Å². The highest BCUT2D eigenvalue weighted by Gasteiger charge is 2.65. The van der Waals surface area contributed by atoms with Gasteiger partial charge in [-0.2, -0.15) is 0 Å². The van der Waals surface area contributed by atoms with Crippen molar-refractivity contribution >= 4 is 5.97 Å². The van der Waals surface area contributed by atoms with Crippen LogP contribution in [0.5, 0.6) is 0 Å². The van der Waals surface area contributed by atoms with Crippen LogP contribution in [0.4, 0.5) is 0 Å². The topological polar surface area (TPSA) is 954 Å². The van der Waals surface area contributed by atoms with Crippen molar-refractivity contribution in [3.8, 4) is 0 Å². The van der Waals surface area contributed by atoms with Crippen LogP contribution in [-0.4, -0.2) is 640 Å². The molecule has 44 aliphatic rings. The quantitative estimate of drug-likeness (QED) is 0.0448. The fraction of sp³-hybridized carbons (Fsp3) is 0.987. The lowest BCUT2D eigenvalue weighted by molar-refractivity contribution is -0.407. The van der Waals surface area contributed by atoms with Gasteiger partial charge in [0.05, 0.1) is 79.3 Å². The Hall–Kier alpha value is -2.93. The summed E-state index contributed by atoms with van der Waals surface area (Å²) in [5.74, 6) is -1.62. The van der Waals surface area contributed by atoms with Gasteiger partial charge in [-0.05, 0) is 6.92 Å². The van der Waals surface area contributed by atoms with Gasteiger partial charge in [-0.3, -0.25) is 0 Å². The van der Waals surface area contributed by atoms with Gasteiger partial charge in [0.25, 0.3) is 0 Å². The van der Waals surface area contributed by atoms with Crippen LogP contribution in [-0.2, 0) is 133 Å². The SMILES string of the molecule is CC(OC(=O)CO[C@@H]1[C@@H](O)[C@H]2O[C@H]3[C@H](O)[C@@H](O)[C@@H](O[C@H]4[C@H](O)[C@@H](O)[C@@H](O[C@H]5[C@H](O)[C@@H](O)[C@@H](O[C@H]6[C@H](O)[C@@H](O)[C@@H](O[C@H]7[C@H](O)[C@@H](O)[C@@H](O[C@H]1[C@@H](CO)O2)O[C@@H]7CO)O[C@@H]6CO)O[C@@H]5CO)O[C@@H]4CO)O[C@@H]3CO)O[C@@H]1[C@@H](O)[C@H]2O[C@H]3[C@H](O)[C@@H](O)[C@@H](O[C@H]4[C@H](O)[C@@H](O)[C@@H](O[C@H]5[C@H](O)[C@@H](O)[C@@H](O[C@H]6[C@H](O)[C@@H](O)[C@@H](O[C@H]7[C@H](O)[C@@H](O)[C@@H](O[C@H]1[C@@H](CO)O2)O[C@@H]7CO)O[C@@H]6CO)O[C@@H]5CO)O[C@@H]4CO)O[C@@H]3CO. The normalized spacial score (nSPS) is 53.8. The molecule has 44 fully saturated rings. The number of ether oxygens (including phenoxy) is 27. The van der Waals surface area contributed by atoms with E-state index >= 15 is 0 Å². The van der Waals surface area contributed by atoms with Crippen molar-refractivity contribution in [3.63, 3.8) is 0 Å². The third kappa shape index (κ3) is 22.4. The molecule has 138 heavy (non-hydrogen) atoms. The Balaban J connectivity index is 0.743. The first-order valence-electron chi connectivity index (χ1n) is 44.3. The fourth-order valence-corrected chi connectivity index (χ4v) is 18.8. The van der Waals surface area contributed by atoms with Crippen LogP contribution >= 0.6 is 0 Å². The summed E-state index contributed by atoms with van der Waals surface area (Å²) in [5, 5.41) is 388. The summed E-state index contributed by atoms with van der Waals surface area (Å²) in [4.78, 5) is 14.6. The van der Waals surface area contributed by atoms with E-state index in [0.717, 1.165) is 6.92 Å². The second-order valence-electron chi connectivity index (χ2n) is 35.1. The Morgan fingerprint density at radius 2 is 0.319 bits per heavy atom. The van der Waals surface area contributed by atoms with E-state index < -0.39 is 467 Å². The van der Waals surface area contributed by atoms with E-state index in [4.69, 9.17) is 128 Å². The minimum Gasteiger partial charge on any atom is -0.434 e. The highest BCUT2D eigenvalue weighted by atomic mass is 16.8. The van der Waals surface area contributed by atoms with E-state index in [1.807, 2.05) is 0 Å². The summed E-state index contributed by atoms with van der Waals surface area (Å²) in [5.41, 5.74) is 0. The second-order valence-corrected chi connectivity index (χ2v) is 35.1. The van der Waals surface area contributed by atoms with Crippen LogP contribution in [0, 0.1) is 0 Å². The average Bonchev–Trinajstić information content (AvgIpc) is 0.765. The molecule has 0 spiro atoms. The van der Waals surface area contributed by atoms with Gasteiger partial charge >= 0.3 is 5.97 Å². The molecular weight excluding hydrogens is 1900 g/mol. The number of aliphatic hydroxyl groups is 34. The number of aliphatic hydroxyl groups excluding tert-OH is 34. The van der Waals surface area contributed by atoms with Crippen molar-refractivity contribution in [1.82, 2.24) is 0 Å². The lowest BCUT2D eigenvalue weighted by Crippen LogP contribution is -2.69. The lowest BCUT2D eigenvalue weighted by Gasteiger charge is -2.51. The molecule has 44 aliphatic heterocycles. The highest BCUT2D eigenvalue weighted by molar-refractivity contribution is 5.70. The first-order valence-corrected chi connectivity index (χ1v) is 44.3. The molecule has 44 heterocycles. The molecule has 800 valence electrons. The molecule has 0 aromatic carbocycles. The standard InChI is InChI=1S/C76H124O62/c1-15(114-64-50(111)76-126-27(13-88)62(64)138-74-48(109)38(99)58(23(9-84)124-74)134-70-44(105)34(95)54(19(5-80)120-70)130-66-40(101)30(91)52(17(3-78)116-66)128-68-42(103)32(93)56(21(7-82)118-68)132-72-46(107)36(97)60(136-76)25(11-86)122-72)113-28(89)14-112-63-49(110)75-125-26(12-87)61(63)137-73-47(108)37(98)57(22(8-83)123-73)133-69-43(104)33(94)53(18(4-79)119-69)129-65-39(100)29(90)51(16(2-77)115-65)127-67-41(102)31(92)55(20(6-81)117-67)131-71-45(106)35(96)59(135-75)24(10-85)121-71/h15-27,29-88,90-111H,2-14H2,1H3/t15?,16-,17-,18-,19-,20-,21-,22-,23-,24-,25-,26-,27-,29-,30-,31-,32-,33-,34-,35-,36-,37-,38-,39-,40-,41-,42-,43-,44-,45-,46-,47-,48-,49-,50-,51-,52-,53-,54-,55-,56-,57-,58-,59-,60-,61+,62+,63-,64-,65-,66-,67-,68-,69-,70-,71-,72-,73-,74-,75-,76-/m1/s1. The van der Waals surface area contributed by atoms with Crippen molar-refractivity contribution < 1.29 is 306 Å². The zero-order valence-corrected chi connectivity index (χ0v) is 72.5. The fourth-order valence-electron chi connectivity index (χ4n) is 18.8. The largest absolute Gasteiger partial charge is 0.434 e. The van der Waals surface area contributed by atoms with Crippen LogP contribution in [0.2, 0.25) is 0 Å². The molecular formula is C76H124O62. The molecule has 0 amide bonds. The summed E-state index contributed by atoms with van der Waals surface area (Å²) < 4.78 is 158. The van der Waals surface area contributed by atoms with Crippen LogP contribution in [0.3, 0.4) is 0 Å². The summed E-state index contributed by atoms with van der Waals surface area (Å²) in [6, 6.07) is 0. The molecule has 1 unspecified atom stereocenters. The summed E-state index contributed by atoms with van der Waals surface area (Å²) in [6.45, 7) is -15.0. The molecule has 0 saturated carbocycles. The predicted octanol–water partition coefficient (Wildman–Crippen LogP) is -25.2. The molecule has 0 aromatic heterocycles. The summed E-state index contributed by atoms with van der Waals surface area (Å²) in [6.07, 6.45) is -134. The van der Waals surface area contributed by atoms with Gasteiger partial charge in [-0.1, -0.05) is 0 Å². The zero-order valence-electron chi connectivity index (χ0n) is 72.5. The number of hydrogen-bond donors (Lipinski definition) is 34. The molecule has 44 saturated heterocycles. The molecule has 0 aromatic rings. The maximum absolute atomic E-state index is 14.6. The van der Waals surface area contributed by atoms with Crippen molar-refractivity contribution in [3.05, 3.63) is 0 Å². The van der Waals surface area contributed by atoms with E-state index in [9.17, 15) is 178 Å². The van der Waals surface area contributed by atoms with Crippen molar-refractivity contribution in [1.29, 1.82) is 0 Å². The van der Waals surface area contributed by atoms with Gasteiger partial charge in [0.2, 0.25) is 6.29 Å². The zero-order chi connectivity index (χ0) is 100. The Morgan fingerprint density at radius 3 is 0.478 bits per heavy atom. The maximum Gasteiger partial charge on any atom is 0.334 e. The van der Waals surface area contributed by atoms with E-state index in [1.54, 1.807) is 0 Å². The smallest absolute Gasteiger partial charge is 0.334 e. The minimum atomic E-state index is -2.55. The summed E-state index contributed by atoms with van der Waals surface area (Å²) >= 11 is 0. The first-order chi connectivity index (χ1) is 65.8. The molecule has 0 radical (unpaired) electrons. The third-order valence-corrected chi connectivity index (χ3v) is 26.3. The van der Waals surface area contributed by atoms with E-state index in [-0.39, 0.29) is 0 Å². The Morgan fingerprint density at radius 1 is 0.188 bits per heavy atom. The minimum absolute atomic E-state index is 0.916. The summed E-state index contributed by atoms with van der Waals surface area (Å²) in [7, 11) is 0. The van der Waals surface area contributed by atoms with E-state index in [0.29, 0.717) is 0 Å². The molecule has 0 aliphatic carbocycles. The average molecular weight is 2030 g/mol. The van der Waals surface area contributed by atoms with Gasteiger partial charge in [0.1, 0.15) is 300 Å². The molecule has 62 nitrogen and oxygen atoms in total. The van der Waals surface area contributed by atoms with Crippen LogP contribution < -0.4 is 0 Å². The lowest BCUT2D eigenvalue weighted by atomic mass is 9.94. The van der Waals surface area contributed by atoms with Crippen LogP contribution in [0.1, 0.15) is 6.92 Å². The second kappa shape index (κ2) is 47.7. The Labute approximate surface area is 777 Å². The van der Waals surface area contributed by atoms with Gasteiger partial charge < -0.3 is 302 Å². The van der Waals surface area contributed by atoms with Gasteiger partial charge in [-0.25, -0.2) is 4.79 Å². The van der Waals surface area contributed by atoms with Crippen molar-refractivity contribution in [2.75, 3.05) is 85.9 Å². The molecule has 61 atom stereocenters. The Kier molecular flexibility index (Phi) is 38.3. The van der Waals surface area contributed by atoms with Crippen LogP contribution in [0.15, 0.2) is 0 Å². The molecule has 34 N–H and O–H groups in total.